The number of rotatable bonds is 6. The molecule has 21 heavy (non-hydrogen) atoms. The van der Waals surface area contributed by atoms with Gasteiger partial charge in [-0.1, -0.05) is 24.3 Å². The molecule has 2 N–H and O–H groups in total. The minimum Gasteiger partial charge on any atom is -0.508 e. The molecule has 0 aliphatic heterocycles. The Morgan fingerprint density at radius 1 is 1.05 bits per heavy atom. The molecular formula is C17H19NO3. The lowest BCUT2D eigenvalue weighted by Gasteiger charge is -2.06. The van der Waals surface area contributed by atoms with Crippen molar-refractivity contribution in [3.63, 3.8) is 0 Å². The first-order chi connectivity index (χ1) is 10.2. The normalized spacial score (nSPS) is 10.1. The number of carbonyl (C=O) groups excluding carboxylic acids is 1. The van der Waals surface area contributed by atoms with Gasteiger partial charge in [0.1, 0.15) is 11.5 Å². The Morgan fingerprint density at radius 2 is 1.67 bits per heavy atom. The van der Waals surface area contributed by atoms with Crippen LogP contribution in [-0.2, 0) is 17.6 Å². The third-order valence-electron chi connectivity index (χ3n) is 3.20. The molecule has 0 aromatic heterocycles. The second-order valence-electron chi connectivity index (χ2n) is 4.79. The highest BCUT2D eigenvalue weighted by atomic mass is 16.5. The molecule has 4 nitrogen and oxygen atoms in total. The number of aromatic hydroxyl groups is 1. The van der Waals surface area contributed by atoms with Gasteiger partial charge in [0.25, 0.3) is 0 Å². The molecule has 110 valence electrons. The number of benzene rings is 2. The van der Waals surface area contributed by atoms with Crippen LogP contribution in [0.25, 0.3) is 0 Å². The molecule has 0 saturated carbocycles. The highest BCUT2D eigenvalue weighted by Crippen LogP contribution is 2.12. The standard InChI is InChI=1S/C17H19NO3/c1-21-16-8-4-13(5-9-16)10-11-18-17(20)12-14-2-6-15(19)7-3-14/h2-9,19H,10-12H2,1H3,(H,18,20). The van der Waals surface area contributed by atoms with E-state index in [4.69, 9.17) is 4.74 Å². The van der Waals surface area contributed by atoms with Crippen molar-refractivity contribution >= 4 is 5.91 Å². The molecule has 0 aliphatic rings. The van der Waals surface area contributed by atoms with Crippen LogP contribution in [0.5, 0.6) is 11.5 Å². The molecule has 2 aromatic rings. The predicted molar refractivity (Wildman–Crippen MR) is 81.5 cm³/mol. The number of methoxy groups -OCH3 is 1. The molecule has 4 heteroatoms. The molecule has 0 fully saturated rings. The van der Waals surface area contributed by atoms with Crippen molar-refractivity contribution < 1.29 is 14.6 Å². The Balaban J connectivity index is 1.74. The molecule has 2 aromatic carbocycles. The van der Waals surface area contributed by atoms with Crippen LogP contribution >= 0.6 is 0 Å². The Hall–Kier alpha value is -2.49. The van der Waals surface area contributed by atoms with E-state index in [2.05, 4.69) is 5.32 Å². The second-order valence-corrected chi connectivity index (χ2v) is 4.79. The van der Waals surface area contributed by atoms with Crippen molar-refractivity contribution in [3.8, 4) is 11.5 Å². The molecule has 0 aliphatic carbocycles. The van der Waals surface area contributed by atoms with E-state index in [9.17, 15) is 9.90 Å². The third kappa shape index (κ3) is 4.84. The van der Waals surface area contributed by atoms with E-state index in [-0.39, 0.29) is 11.7 Å². The first-order valence-corrected chi connectivity index (χ1v) is 6.85. The Bertz CT molecular complexity index is 576. The molecule has 1 amide bonds. The van der Waals surface area contributed by atoms with Crippen molar-refractivity contribution in [1.29, 1.82) is 0 Å². The van der Waals surface area contributed by atoms with Crippen LogP contribution in [0.4, 0.5) is 0 Å². The van der Waals surface area contributed by atoms with Crippen LogP contribution in [0.15, 0.2) is 48.5 Å². The van der Waals surface area contributed by atoms with Crippen molar-refractivity contribution in [2.75, 3.05) is 13.7 Å². The quantitative estimate of drug-likeness (QED) is 0.856. The van der Waals surface area contributed by atoms with Gasteiger partial charge in [0.15, 0.2) is 0 Å². The van der Waals surface area contributed by atoms with Gasteiger partial charge in [0.2, 0.25) is 5.91 Å². The number of carbonyl (C=O) groups is 1. The van der Waals surface area contributed by atoms with Crippen molar-refractivity contribution in [3.05, 3.63) is 59.7 Å². The maximum Gasteiger partial charge on any atom is 0.224 e. The molecule has 2 rings (SSSR count). The smallest absolute Gasteiger partial charge is 0.224 e. The number of hydrogen-bond acceptors (Lipinski definition) is 3. The van der Waals surface area contributed by atoms with Crippen LogP contribution < -0.4 is 10.1 Å². The number of phenolic OH excluding ortho intramolecular Hbond substituents is 1. The fraction of sp³-hybridized carbons (Fsp3) is 0.235. The van der Waals surface area contributed by atoms with Gasteiger partial charge in [-0.3, -0.25) is 4.79 Å². The first kappa shape index (κ1) is 14.9. The average Bonchev–Trinajstić information content (AvgIpc) is 2.50. The zero-order chi connectivity index (χ0) is 15.1. The summed E-state index contributed by atoms with van der Waals surface area (Å²) in [5.74, 6) is 1.02. The summed E-state index contributed by atoms with van der Waals surface area (Å²) < 4.78 is 5.10. The van der Waals surface area contributed by atoms with Crippen LogP contribution in [0, 0.1) is 0 Å². The lowest BCUT2D eigenvalue weighted by atomic mass is 10.1. The first-order valence-electron chi connectivity index (χ1n) is 6.85. The maximum absolute atomic E-state index is 11.8. The van der Waals surface area contributed by atoms with Crippen molar-refractivity contribution in [2.24, 2.45) is 0 Å². The lowest BCUT2D eigenvalue weighted by molar-refractivity contribution is -0.120. The van der Waals surface area contributed by atoms with E-state index in [1.54, 1.807) is 31.4 Å². The lowest BCUT2D eigenvalue weighted by Crippen LogP contribution is -2.27. The maximum atomic E-state index is 11.8. The molecule has 0 unspecified atom stereocenters. The molecule has 0 bridgehead atoms. The minimum atomic E-state index is -0.0193. The molecule has 0 spiro atoms. The van der Waals surface area contributed by atoms with Gasteiger partial charge in [-0.05, 0) is 41.8 Å². The van der Waals surface area contributed by atoms with E-state index >= 15 is 0 Å². The third-order valence-corrected chi connectivity index (χ3v) is 3.20. The Morgan fingerprint density at radius 3 is 2.29 bits per heavy atom. The molecule has 0 heterocycles. The van der Waals surface area contributed by atoms with E-state index in [0.717, 1.165) is 23.3 Å². The fourth-order valence-electron chi connectivity index (χ4n) is 2.00. The van der Waals surface area contributed by atoms with Crippen LogP contribution in [-0.4, -0.2) is 24.7 Å². The van der Waals surface area contributed by atoms with Crippen LogP contribution in [0.3, 0.4) is 0 Å². The zero-order valence-corrected chi connectivity index (χ0v) is 12.0. The number of nitrogens with one attached hydrogen (secondary N) is 1. The number of hydrogen-bond donors (Lipinski definition) is 2. The highest BCUT2D eigenvalue weighted by molar-refractivity contribution is 5.78. The summed E-state index contributed by atoms with van der Waals surface area (Å²) in [7, 11) is 1.64. The van der Waals surface area contributed by atoms with E-state index in [1.165, 1.54) is 0 Å². The van der Waals surface area contributed by atoms with Crippen molar-refractivity contribution in [2.45, 2.75) is 12.8 Å². The molecule has 0 atom stereocenters. The second kappa shape index (κ2) is 7.33. The SMILES string of the molecule is COc1ccc(CCNC(=O)Cc2ccc(O)cc2)cc1. The summed E-state index contributed by atoms with van der Waals surface area (Å²) in [6, 6.07) is 14.5. The van der Waals surface area contributed by atoms with Crippen molar-refractivity contribution in [1.82, 2.24) is 5.32 Å². The average molecular weight is 285 g/mol. The summed E-state index contributed by atoms with van der Waals surface area (Å²) in [6.45, 7) is 0.600. The van der Waals surface area contributed by atoms with Gasteiger partial charge in [-0.2, -0.15) is 0 Å². The Kier molecular flexibility index (Phi) is 5.21. The van der Waals surface area contributed by atoms with Gasteiger partial charge in [-0.15, -0.1) is 0 Å². The number of ether oxygens (including phenoxy) is 1. The monoisotopic (exact) mass is 285 g/mol. The molecular weight excluding hydrogens is 266 g/mol. The van der Waals surface area contributed by atoms with E-state index in [0.29, 0.717) is 13.0 Å². The summed E-state index contributed by atoms with van der Waals surface area (Å²) in [6.07, 6.45) is 1.11. The molecule has 0 saturated heterocycles. The van der Waals surface area contributed by atoms with Crippen LogP contribution in [0.1, 0.15) is 11.1 Å². The summed E-state index contributed by atoms with van der Waals surface area (Å²) in [5.41, 5.74) is 2.04. The summed E-state index contributed by atoms with van der Waals surface area (Å²) in [4.78, 5) is 11.8. The van der Waals surface area contributed by atoms with Gasteiger partial charge in [-0.25, -0.2) is 0 Å². The number of amides is 1. The predicted octanol–water partition coefficient (Wildman–Crippen LogP) is 2.30. The van der Waals surface area contributed by atoms with E-state index in [1.807, 2.05) is 24.3 Å². The largest absolute Gasteiger partial charge is 0.508 e. The molecule has 0 radical (unpaired) electrons. The highest BCUT2D eigenvalue weighted by Gasteiger charge is 2.03. The number of phenols is 1. The van der Waals surface area contributed by atoms with Gasteiger partial charge in [0.05, 0.1) is 13.5 Å². The van der Waals surface area contributed by atoms with Gasteiger partial charge >= 0.3 is 0 Å². The van der Waals surface area contributed by atoms with Crippen LogP contribution in [0.2, 0.25) is 0 Å². The zero-order valence-electron chi connectivity index (χ0n) is 12.0. The topological polar surface area (TPSA) is 58.6 Å². The van der Waals surface area contributed by atoms with Gasteiger partial charge in [0, 0.05) is 6.54 Å². The van der Waals surface area contributed by atoms with Gasteiger partial charge < -0.3 is 15.2 Å². The Labute approximate surface area is 124 Å². The van der Waals surface area contributed by atoms with E-state index < -0.39 is 0 Å². The summed E-state index contributed by atoms with van der Waals surface area (Å²) in [5, 5.41) is 12.1. The minimum absolute atomic E-state index is 0.0193. The summed E-state index contributed by atoms with van der Waals surface area (Å²) >= 11 is 0. The fourth-order valence-corrected chi connectivity index (χ4v) is 2.00.